The first-order chi connectivity index (χ1) is 6.25. The molecule has 1 rings (SSSR count). The van der Waals surface area contributed by atoms with Gasteiger partial charge < -0.3 is 10.1 Å². The molecule has 0 amide bonds. The van der Waals surface area contributed by atoms with Crippen molar-refractivity contribution in [1.82, 2.24) is 5.32 Å². The average molecular weight is 185 g/mol. The fraction of sp³-hybridized carbons (Fsp3) is 1.00. The van der Waals surface area contributed by atoms with Crippen molar-refractivity contribution in [2.75, 3.05) is 26.8 Å². The van der Waals surface area contributed by atoms with Crippen LogP contribution in [0.25, 0.3) is 0 Å². The zero-order chi connectivity index (χ0) is 9.73. The highest BCUT2D eigenvalue weighted by Gasteiger charge is 2.45. The number of rotatable bonds is 7. The van der Waals surface area contributed by atoms with Crippen LogP contribution < -0.4 is 5.32 Å². The van der Waals surface area contributed by atoms with Gasteiger partial charge in [0.2, 0.25) is 0 Å². The molecule has 0 heterocycles. The van der Waals surface area contributed by atoms with Gasteiger partial charge in [0, 0.05) is 20.2 Å². The zero-order valence-corrected chi connectivity index (χ0v) is 9.23. The van der Waals surface area contributed by atoms with Gasteiger partial charge in [0.15, 0.2) is 0 Å². The van der Waals surface area contributed by atoms with Gasteiger partial charge in [-0.1, -0.05) is 20.3 Å². The van der Waals surface area contributed by atoms with Crippen molar-refractivity contribution in [1.29, 1.82) is 0 Å². The Bertz CT molecular complexity index is 143. The Balaban J connectivity index is 2.12. The third-order valence-corrected chi connectivity index (χ3v) is 3.51. The minimum Gasteiger partial charge on any atom is -0.383 e. The Morgan fingerprint density at radius 2 is 2.15 bits per heavy atom. The van der Waals surface area contributed by atoms with Crippen molar-refractivity contribution in [2.24, 2.45) is 11.3 Å². The molecule has 0 spiro atoms. The molecule has 1 saturated carbocycles. The van der Waals surface area contributed by atoms with Crippen LogP contribution in [-0.4, -0.2) is 26.8 Å². The average Bonchev–Trinajstić information content (AvgIpc) is 2.92. The fourth-order valence-corrected chi connectivity index (χ4v) is 1.95. The molecular weight excluding hydrogens is 162 g/mol. The van der Waals surface area contributed by atoms with Crippen LogP contribution in [0.1, 0.15) is 33.1 Å². The van der Waals surface area contributed by atoms with Gasteiger partial charge in [-0.2, -0.15) is 0 Å². The maximum atomic E-state index is 5.00. The summed E-state index contributed by atoms with van der Waals surface area (Å²) in [6, 6.07) is 0. The van der Waals surface area contributed by atoms with Crippen LogP contribution in [0.5, 0.6) is 0 Å². The SMILES string of the molecule is CCC(C)C1(CNCCOC)CC1. The molecule has 0 aliphatic heterocycles. The van der Waals surface area contributed by atoms with E-state index in [9.17, 15) is 0 Å². The molecule has 1 N–H and O–H groups in total. The molecule has 1 unspecified atom stereocenters. The van der Waals surface area contributed by atoms with E-state index in [0.29, 0.717) is 5.41 Å². The minimum atomic E-state index is 0.641. The summed E-state index contributed by atoms with van der Waals surface area (Å²) in [6.07, 6.45) is 4.15. The molecule has 1 aliphatic rings. The van der Waals surface area contributed by atoms with Crippen molar-refractivity contribution in [2.45, 2.75) is 33.1 Å². The van der Waals surface area contributed by atoms with Crippen LogP contribution >= 0.6 is 0 Å². The van der Waals surface area contributed by atoms with E-state index in [1.807, 2.05) is 0 Å². The lowest BCUT2D eigenvalue weighted by atomic mass is 9.88. The first-order valence-electron chi connectivity index (χ1n) is 5.45. The normalized spacial score (nSPS) is 21.5. The summed E-state index contributed by atoms with van der Waals surface area (Å²) in [7, 11) is 1.75. The summed E-state index contributed by atoms with van der Waals surface area (Å²) in [5, 5.41) is 3.48. The molecular formula is C11H23NO. The summed E-state index contributed by atoms with van der Waals surface area (Å²) < 4.78 is 5.00. The predicted molar refractivity (Wildman–Crippen MR) is 55.9 cm³/mol. The monoisotopic (exact) mass is 185 g/mol. The molecule has 13 heavy (non-hydrogen) atoms. The summed E-state index contributed by atoms with van der Waals surface area (Å²) in [5.74, 6) is 0.877. The van der Waals surface area contributed by atoms with Crippen molar-refractivity contribution in [3.8, 4) is 0 Å². The van der Waals surface area contributed by atoms with Gasteiger partial charge in [-0.15, -0.1) is 0 Å². The van der Waals surface area contributed by atoms with Crippen molar-refractivity contribution in [3.63, 3.8) is 0 Å². The van der Waals surface area contributed by atoms with E-state index in [2.05, 4.69) is 19.2 Å². The number of methoxy groups -OCH3 is 1. The van der Waals surface area contributed by atoms with Gasteiger partial charge in [-0.25, -0.2) is 0 Å². The molecule has 78 valence electrons. The largest absolute Gasteiger partial charge is 0.383 e. The van der Waals surface area contributed by atoms with Gasteiger partial charge in [-0.3, -0.25) is 0 Å². The van der Waals surface area contributed by atoms with Crippen LogP contribution in [0.15, 0.2) is 0 Å². The molecule has 1 fully saturated rings. The molecule has 2 heteroatoms. The molecule has 1 atom stereocenters. The highest BCUT2D eigenvalue weighted by atomic mass is 16.5. The van der Waals surface area contributed by atoms with E-state index in [1.165, 1.54) is 25.8 Å². The van der Waals surface area contributed by atoms with Crippen LogP contribution in [0, 0.1) is 11.3 Å². The van der Waals surface area contributed by atoms with Crippen LogP contribution in [0.2, 0.25) is 0 Å². The lowest BCUT2D eigenvalue weighted by molar-refractivity contribution is 0.193. The Labute approximate surface area is 82.0 Å². The predicted octanol–water partition coefficient (Wildman–Crippen LogP) is 2.05. The second-order valence-electron chi connectivity index (χ2n) is 4.34. The lowest BCUT2D eigenvalue weighted by Gasteiger charge is -2.22. The summed E-state index contributed by atoms with van der Waals surface area (Å²) >= 11 is 0. The Kier molecular flexibility index (Phi) is 4.20. The van der Waals surface area contributed by atoms with Crippen LogP contribution in [0.3, 0.4) is 0 Å². The van der Waals surface area contributed by atoms with Crippen LogP contribution in [-0.2, 0) is 4.74 Å². The second kappa shape index (κ2) is 4.97. The maximum absolute atomic E-state index is 5.00. The summed E-state index contributed by atoms with van der Waals surface area (Å²) in [4.78, 5) is 0. The quantitative estimate of drug-likeness (QED) is 0.613. The van der Waals surface area contributed by atoms with Gasteiger partial charge in [0.1, 0.15) is 0 Å². The molecule has 0 aromatic rings. The molecule has 1 aliphatic carbocycles. The van der Waals surface area contributed by atoms with E-state index >= 15 is 0 Å². The van der Waals surface area contributed by atoms with E-state index in [1.54, 1.807) is 7.11 Å². The lowest BCUT2D eigenvalue weighted by Crippen LogP contribution is -2.30. The first kappa shape index (κ1) is 11.0. The van der Waals surface area contributed by atoms with Crippen molar-refractivity contribution < 1.29 is 4.74 Å². The smallest absolute Gasteiger partial charge is 0.0587 e. The fourth-order valence-electron chi connectivity index (χ4n) is 1.95. The number of nitrogens with one attached hydrogen (secondary N) is 1. The molecule has 0 aromatic heterocycles. The van der Waals surface area contributed by atoms with Gasteiger partial charge in [0.25, 0.3) is 0 Å². The van der Waals surface area contributed by atoms with E-state index in [-0.39, 0.29) is 0 Å². The maximum Gasteiger partial charge on any atom is 0.0587 e. The number of hydrogen-bond donors (Lipinski definition) is 1. The molecule has 0 bridgehead atoms. The van der Waals surface area contributed by atoms with Crippen molar-refractivity contribution >= 4 is 0 Å². The standard InChI is InChI=1S/C11H23NO/c1-4-10(2)11(5-6-11)9-12-7-8-13-3/h10,12H,4-9H2,1-3H3. The van der Waals surface area contributed by atoms with Gasteiger partial charge in [0.05, 0.1) is 6.61 Å². The third kappa shape index (κ3) is 2.96. The highest BCUT2D eigenvalue weighted by Crippen LogP contribution is 2.52. The van der Waals surface area contributed by atoms with Crippen LogP contribution in [0.4, 0.5) is 0 Å². The van der Waals surface area contributed by atoms with E-state index in [0.717, 1.165) is 19.1 Å². The van der Waals surface area contributed by atoms with Crippen molar-refractivity contribution in [3.05, 3.63) is 0 Å². The second-order valence-corrected chi connectivity index (χ2v) is 4.34. The number of hydrogen-bond acceptors (Lipinski definition) is 2. The van der Waals surface area contributed by atoms with Gasteiger partial charge in [-0.05, 0) is 24.2 Å². The van der Waals surface area contributed by atoms with Gasteiger partial charge >= 0.3 is 0 Å². The van der Waals surface area contributed by atoms with E-state index < -0.39 is 0 Å². The topological polar surface area (TPSA) is 21.3 Å². The highest BCUT2D eigenvalue weighted by molar-refractivity contribution is 4.97. The number of ether oxygens (including phenoxy) is 1. The third-order valence-electron chi connectivity index (χ3n) is 3.51. The molecule has 0 aromatic carbocycles. The Morgan fingerprint density at radius 1 is 1.46 bits per heavy atom. The minimum absolute atomic E-state index is 0.641. The Morgan fingerprint density at radius 3 is 2.62 bits per heavy atom. The zero-order valence-electron chi connectivity index (χ0n) is 9.23. The molecule has 0 radical (unpaired) electrons. The first-order valence-corrected chi connectivity index (χ1v) is 5.45. The summed E-state index contributed by atoms with van der Waals surface area (Å²) in [6.45, 7) is 7.68. The molecule has 0 saturated heterocycles. The van der Waals surface area contributed by atoms with E-state index in [4.69, 9.17) is 4.74 Å². The molecule has 2 nitrogen and oxygen atoms in total. The summed E-state index contributed by atoms with van der Waals surface area (Å²) in [5.41, 5.74) is 0.641. The Hall–Kier alpha value is -0.0800.